The second-order valence-corrected chi connectivity index (χ2v) is 22.8. The molecule has 0 spiro atoms. The maximum atomic E-state index is 2.48. The second kappa shape index (κ2) is 20.6. The van der Waals surface area contributed by atoms with E-state index in [9.17, 15) is 0 Å². The van der Waals surface area contributed by atoms with Gasteiger partial charge < -0.3 is 14.4 Å². The average molecular weight is 1090 g/mol. The Morgan fingerprint density at radius 2 is 0.762 bits per heavy atom. The van der Waals surface area contributed by atoms with E-state index >= 15 is 0 Å². The van der Waals surface area contributed by atoms with Crippen molar-refractivity contribution in [2.24, 2.45) is 0 Å². The molecule has 0 aliphatic carbocycles. The normalized spacial score (nSPS) is 11.6. The first kappa shape index (κ1) is 49.1. The zero-order chi connectivity index (χ0) is 55.5. The molecule has 16 aromatic rings. The van der Waals surface area contributed by atoms with Crippen molar-refractivity contribution in [3.63, 3.8) is 0 Å². The van der Waals surface area contributed by atoms with E-state index in [2.05, 4.69) is 336 Å². The zero-order valence-electron chi connectivity index (χ0n) is 45.8. The molecule has 0 saturated heterocycles. The first-order valence-electron chi connectivity index (χ1n) is 28.7. The van der Waals surface area contributed by atoms with Gasteiger partial charge >= 0.3 is 0 Å². The molecule has 2 heterocycles. The van der Waals surface area contributed by atoms with Crippen molar-refractivity contribution < 1.29 is 0 Å². The molecule has 16 rings (SSSR count). The summed E-state index contributed by atoms with van der Waals surface area (Å²) in [6, 6.07) is 118. The first-order valence-corrected chi connectivity index (χ1v) is 29.5. The van der Waals surface area contributed by atoms with Gasteiger partial charge in [0.25, 0.3) is 0 Å². The number of aromatic nitrogens is 1. The van der Waals surface area contributed by atoms with Crippen LogP contribution in [0.5, 0.6) is 0 Å². The van der Waals surface area contributed by atoms with Crippen LogP contribution in [0.2, 0.25) is 0 Å². The van der Waals surface area contributed by atoms with Gasteiger partial charge in [-0.1, -0.05) is 218 Å². The highest BCUT2D eigenvalue weighted by Crippen LogP contribution is 2.49. The van der Waals surface area contributed by atoms with Gasteiger partial charge in [0, 0.05) is 65.1 Å². The van der Waals surface area contributed by atoms with Gasteiger partial charge in [0.05, 0.1) is 16.7 Å². The molecule has 0 aliphatic rings. The number of benzene rings is 14. The molecule has 0 aliphatic heterocycles. The van der Waals surface area contributed by atoms with Crippen LogP contribution in [0, 0.1) is 0 Å². The number of anilines is 6. The lowest BCUT2D eigenvalue weighted by Crippen LogP contribution is -2.13. The maximum Gasteiger partial charge on any atom is 0.0554 e. The van der Waals surface area contributed by atoms with Crippen LogP contribution in [-0.2, 0) is 0 Å². The minimum Gasteiger partial charge on any atom is -0.310 e. The number of rotatable bonds is 11. The quantitative estimate of drug-likeness (QED) is 0.128. The van der Waals surface area contributed by atoms with Crippen molar-refractivity contribution in [1.82, 2.24) is 4.57 Å². The average Bonchev–Trinajstić information content (AvgIpc) is 3.59. The van der Waals surface area contributed by atoms with E-state index in [0.29, 0.717) is 0 Å². The monoisotopic (exact) mass is 1090 g/mol. The van der Waals surface area contributed by atoms with Crippen LogP contribution in [0.1, 0.15) is 0 Å². The van der Waals surface area contributed by atoms with Crippen LogP contribution in [0.25, 0.3) is 114 Å². The number of fused-ring (bicyclic) bond motifs is 9. The van der Waals surface area contributed by atoms with Crippen LogP contribution < -0.4 is 9.80 Å². The predicted molar refractivity (Wildman–Crippen MR) is 360 cm³/mol. The van der Waals surface area contributed by atoms with E-state index in [4.69, 9.17) is 0 Å². The van der Waals surface area contributed by atoms with Gasteiger partial charge in [-0.15, -0.1) is 11.3 Å². The van der Waals surface area contributed by atoms with Crippen molar-refractivity contribution in [3.8, 4) is 50.2 Å². The molecule has 0 atom stereocenters. The van der Waals surface area contributed by atoms with Gasteiger partial charge in [0.2, 0.25) is 0 Å². The van der Waals surface area contributed by atoms with Crippen LogP contribution in [0.3, 0.4) is 0 Å². The van der Waals surface area contributed by atoms with Crippen molar-refractivity contribution in [3.05, 3.63) is 322 Å². The third kappa shape index (κ3) is 8.67. The topological polar surface area (TPSA) is 11.4 Å². The largest absolute Gasteiger partial charge is 0.310 e. The summed E-state index contributed by atoms with van der Waals surface area (Å²) in [7, 11) is 0. The van der Waals surface area contributed by atoms with Crippen LogP contribution in [0.15, 0.2) is 322 Å². The summed E-state index contributed by atoms with van der Waals surface area (Å²) in [6.45, 7) is 0. The van der Waals surface area contributed by atoms with Gasteiger partial charge in [0.15, 0.2) is 0 Å². The third-order valence-electron chi connectivity index (χ3n) is 16.7. The lowest BCUT2D eigenvalue weighted by Gasteiger charge is -2.30. The molecule has 0 fully saturated rings. The van der Waals surface area contributed by atoms with Gasteiger partial charge in [-0.25, -0.2) is 0 Å². The molecule has 0 amide bonds. The van der Waals surface area contributed by atoms with E-state index in [1.54, 1.807) is 0 Å². The molecule has 14 aromatic carbocycles. The van der Waals surface area contributed by atoms with Crippen LogP contribution in [-0.4, -0.2) is 4.57 Å². The summed E-state index contributed by atoms with van der Waals surface area (Å²) < 4.78 is 4.91. The molecule has 0 radical (unpaired) electrons. The predicted octanol–water partition coefficient (Wildman–Crippen LogP) is 23.1. The second-order valence-electron chi connectivity index (χ2n) is 21.7. The first-order chi connectivity index (χ1) is 41.6. The Morgan fingerprint density at radius 3 is 1.49 bits per heavy atom. The molecule has 0 unspecified atom stereocenters. The van der Waals surface area contributed by atoms with E-state index in [1.165, 1.54) is 91.3 Å². The van der Waals surface area contributed by atoms with Gasteiger partial charge in [-0.2, -0.15) is 0 Å². The Balaban J connectivity index is 0.878. The molecular weight excluding hydrogens is 1030 g/mol. The van der Waals surface area contributed by atoms with Crippen LogP contribution in [0.4, 0.5) is 34.1 Å². The SMILES string of the molecule is c1ccc(-c2cc(-c3ccccc3)cc(N(c3cccc(N(c4cccc(-c5ccccc5)c4)c4cccc5sc6cc(-c7ccc8c9c%10ccccc%10ccc9n(-c9ccccc9)c8c7)ccc6c45)c3)c3ccc4ccccc4c3)c2)cc1. The number of hydrogen-bond acceptors (Lipinski definition) is 3. The number of nitrogens with zero attached hydrogens (tertiary/aromatic N) is 3. The van der Waals surface area contributed by atoms with Crippen molar-refractivity contribution in [2.75, 3.05) is 9.80 Å². The number of hydrogen-bond donors (Lipinski definition) is 0. The van der Waals surface area contributed by atoms with Crippen molar-refractivity contribution in [2.45, 2.75) is 0 Å². The Hall–Kier alpha value is -10.8. The maximum absolute atomic E-state index is 2.48. The molecule has 84 heavy (non-hydrogen) atoms. The Morgan fingerprint density at radius 1 is 0.238 bits per heavy atom. The van der Waals surface area contributed by atoms with Gasteiger partial charge in [-0.3, -0.25) is 0 Å². The minimum atomic E-state index is 1.04. The molecule has 4 heteroatoms. The molecular formula is C80H53N3S. The van der Waals surface area contributed by atoms with E-state index in [-0.39, 0.29) is 0 Å². The zero-order valence-corrected chi connectivity index (χ0v) is 46.7. The van der Waals surface area contributed by atoms with E-state index < -0.39 is 0 Å². The molecule has 0 N–H and O–H groups in total. The van der Waals surface area contributed by atoms with Crippen LogP contribution >= 0.6 is 11.3 Å². The highest BCUT2D eigenvalue weighted by Gasteiger charge is 2.24. The Labute approximate surface area is 492 Å². The van der Waals surface area contributed by atoms with Crippen molar-refractivity contribution >= 4 is 109 Å². The summed E-state index contributed by atoms with van der Waals surface area (Å²) in [5.41, 5.74) is 19.3. The summed E-state index contributed by atoms with van der Waals surface area (Å²) >= 11 is 1.86. The highest BCUT2D eigenvalue weighted by atomic mass is 32.1. The third-order valence-corrected chi connectivity index (χ3v) is 17.8. The molecule has 0 saturated carbocycles. The summed E-state index contributed by atoms with van der Waals surface area (Å²) in [6.07, 6.45) is 0. The fourth-order valence-electron chi connectivity index (χ4n) is 12.7. The van der Waals surface area contributed by atoms with Crippen molar-refractivity contribution in [1.29, 1.82) is 0 Å². The van der Waals surface area contributed by atoms with E-state index in [1.807, 2.05) is 11.3 Å². The number of para-hydroxylation sites is 1. The summed E-state index contributed by atoms with van der Waals surface area (Å²) in [4.78, 5) is 4.92. The highest BCUT2D eigenvalue weighted by molar-refractivity contribution is 7.26. The summed E-state index contributed by atoms with van der Waals surface area (Å²) in [5.74, 6) is 0. The Bertz CT molecular complexity index is 5080. The fourth-order valence-corrected chi connectivity index (χ4v) is 13.9. The fraction of sp³-hybridized carbons (Fsp3) is 0. The molecule has 0 bridgehead atoms. The molecule has 3 nitrogen and oxygen atoms in total. The van der Waals surface area contributed by atoms with Gasteiger partial charge in [0.1, 0.15) is 0 Å². The molecule has 394 valence electrons. The number of thiophene rings is 1. The van der Waals surface area contributed by atoms with E-state index in [0.717, 1.165) is 56.5 Å². The lowest BCUT2D eigenvalue weighted by molar-refractivity contribution is 1.18. The molecule has 2 aromatic heterocycles. The smallest absolute Gasteiger partial charge is 0.0554 e. The summed E-state index contributed by atoms with van der Waals surface area (Å²) in [5, 5.41) is 9.88. The minimum absolute atomic E-state index is 1.04. The Kier molecular flexibility index (Phi) is 12.1. The lowest BCUT2D eigenvalue weighted by atomic mass is 9.97. The van der Waals surface area contributed by atoms with Gasteiger partial charge in [-0.05, 0) is 169 Å². The standard InChI is InChI=1S/C80H53N3S/c1-5-20-54(21-6-1)60-29-17-32-66(47-60)82(68-34-18-33-67(53-68)81(69-42-38-57-26-13-14-28-59(57)48-69)70-49-63(55-22-7-2-8-23-55)46-64(50-70)56-24-9-3-10-25-56)74-36-19-37-77-80(74)73-44-40-62(52-78(73)84-77)61-39-43-72-76(51-61)83(65-30-11-4-12-31-65)75-45-41-58-27-15-16-35-71(58)79(72)75/h1-53H.